The molecule has 0 atom stereocenters. The molecule has 0 bridgehead atoms. The van der Waals surface area contributed by atoms with E-state index in [0.29, 0.717) is 5.56 Å². The first-order chi connectivity index (χ1) is 9.41. The second kappa shape index (κ2) is 4.60. The third-order valence-electron chi connectivity index (χ3n) is 4.22. The molecule has 1 aromatic rings. The maximum Gasteiger partial charge on any atom is 0.473 e. The van der Waals surface area contributed by atoms with Gasteiger partial charge in [-0.15, -0.1) is 0 Å². The second-order valence-electron chi connectivity index (χ2n) is 8.01. The Morgan fingerprint density at radius 2 is 1.33 bits per heavy atom. The summed E-state index contributed by atoms with van der Waals surface area (Å²) < 4.78 is 12.6. The lowest BCUT2D eigenvalue weighted by molar-refractivity contribution is 0.0603. The topological polar surface area (TPSA) is 35.5 Å². The molecule has 2 rings (SSSR count). The van der Waals surface area contributed by atoms with Gasteiger partial charge in [0.15, 0.2) is 0 Å². The van der Waals surface area contributed by atoms with Crippen molar-refractivity contribution in [2.24, 2.45) is 0 Å². The highest BCUT2D eigenvalue weighted by atomic mass is 28.4. The van der Waals surface area contributed by atoms with E-state index in [4.69, 9.17) is 8.85 Å². The summed E-state index contributed by atoms with van der Waals surface area (Å²) in [5.74, 6) is 0.497. The zero-order chi connectivity index (χ0) is 16.2. The minimum absolute atomic E-state index is 0.214. The van der Waals surface area contributed by atoms with Gasteiger partial charge in [-0.05, 0) is 25.0 Å². The van der Waals surface area contributed by atoms with Crippen LogP contribution in [0.15, 0.2) is 12.1 Å². The van der Waals surface area contributed by atoms with Gasteiger partial charge in [0, 0.05) is 10.1 Å². The quantitative estimate of drug-likeness (QED) is 0.640. The normalized spacial score (nSPS) is 17.8. The molecule has 21 heavy (non-hydrogen) atoms. The van der Waals surface area contributed by atoms with Crippen molar-refractivity contribution in [3.8, 4) is 5.75 Å². The van der Waals surface area contributed by atoms with Crippen LogP contribution in [0.5, 0.6) is 5.75 Å². The SMILES string of the molecule is Cc1ccc(C)c2c1O[Si](C(C)(C)C)(C(C)(C)C)OC2=O. The van der Waals surface area contributed by atoms with Gasteiger partial charge < -0.3 is 8.85 Å². The molecule has 0 unspecified atom stereocenters. The Labute approximate surface area is 128 Å². The van der Waals surface area contributed by atoms with Gasteiger partial charge in [-0.3, -0.25) is 0 Å². The van der Waals surface area contributed by atoms with E-state index >= 15 is 0 Å². The van der Waals surface area contributed by atoms with Gasteiger partial charge in [0.05, 0.1) is 0 Å². The Balaban J connectivity index is 2.72. The van der Waals surface area contributed by atoms with Gasteiger partial charge in [-0.1, -0.05) is 53.7 Å². The van der Waals surface area contributed by atoms with E-state index < -0.39 is 8.56 Å². The average Bonchev–Trinajstić information content (AvgIpc) is 2.30. The highest BCUT2D eigenvalue weighted by Crippen LogP contribution is 2.55. The molecule has 0 amide bonds. The van der Waals surface area contributed by atoms with Crippen LogP contribution in [-0.4, -0.2) is 14.5 Å². The summed E-state index contributed by atoms with van der Waals surface area (Å²) in [6.07, 6.45) is 0. The fourth-order valence-electron chi connectivity index (χ4n) is 3.25. The molecule has 116 valence electrons. The number of hydrogen-bond acceptors (Lipinski definition) is 3. The van der Waals surface area contributed by atoms with E-state index in [1.807, 2.05) is 26.0 Å². The van der Waals surface area contributed by atoms with E-state index in [-0.39, 0.29) is 16.0 Å². The predicted molar refractivity (Wildman–Crippen MR) is 87.1 cm³/mol. The van der Waals surface area contributed by atoms with Gasteiger partial charge >= 0.3 is 14.5 Å². The Hall–Kier alpha value is -1.29. The molecule has 0 radical (unpaired) electrons. The van der Waals surface area contributed by atoms with Crippen molar-refractivity contribution in [2.75, 3.05) is 0 Å². The van der Waals surface area contributed by atoms with Crippen LogP contribution in [0.3, 0.4) is 0 Å². The minimum Gasteiger partial charge on any atom is -0.510 e. The highest BCUT2D eigenvalue weighted by molar-refractivity contribution is 6.76. The van der Waals surface area contributed by atoms with E-state index in [0.717, 1.165) is 16.9 Å². The van der Waals surface area contributed by atoms with Crippen molar-refractivity contribution in [3.63, 3.8) is 0 Å². The fraction of sp³-hybridized carbons (Fsp3) is 0.588. The zero-order valence-corrected chi connectivity index (χ0v) is 15.4. The van der Waals surface area contributed by atoms with Crippen molar-refractivity contribution in [3.05, 3.63) is 28.8 Å². The van der Waals surface area contributed by atoms with Gasteiger partial charge in [0.2, 0.25) is 0 Å². The van der Waals surface area contributed by atoms with Crippen molar-refractivity contribution in [1.29, 1.82) is 0 Å². The third kappa shape index (κ3) is 2.29. The van der Waals surface area contributed by atoms with Crippen LogP contribution in [0, 0.1) is 13.8 Å². The van der Waals surface area contributed by atoms with Crippen LogP contribution >= 0.6 is 0 Å². The molecule has 0 aromatic heterocycles. The predicted octanol–water partition coefficient (Wildman–Crippen LogP) is 4.90. The van der Waals surface area contributed by atoms with Crippen LogP contribution in [0.4, 0.5) is 0 Å². The number of fused-ring (bicyclic) bond motifs is 1. The molecule has 1 heterocycles. The highest BCUT2D eigenvalue weighted by Gasteiger charge is 2.65. The summed E-state index contributed by atoms with van der Waals surface area (Å²) in [6.45, 7) is 16.5. The standard InChI is InChI=1S/C17H26O3Si/c1-11-9-10-12(2)14-13(11)15(18)20-21(19-14,16(3,4)5)17(6,7)8/h9-10H,1-8H3. The van der Waals surface area contributed by atoms with Gasteiger partial charge in [0.25, 0.3) is 0 Å². The third-order valence-corrected chi connectivity index (χ3v) is 9.14. The largest absolute Gasteiger partial charge is 0.510 e. The monoisotopic (exact) mass is 306 g/mol. The summed E-state index contributed by atoms with van der Waals surface area (Å²) in [6, 6.07) is 3.96. The number of benzene rings is 1. The van der Waals surface area contributed by atoms with E-state index in [2.05, 4.69) is 41.5 Å². The lowest BCUT2D eigenvalue weighted by atomic mass is 10.0. The Morgan fingerprint density at radius 3 is 1.81 bits per heavy atom. The molecular weight excluding hydrogens is 280 g/mol. The van der Waals surface area contributed by atoms with Crippen molar-refractivity contribution in [2.45, 2.75) is 65.5 Å². The molecule has 1 aliphatic heterocycles. The molecule has 0 aliphatic carbocycles. The molecule has 0 N–H and O–H groups in total. The Bertz CT molecular complexity index is 577. The van der Waals surface area contributed by atoms with Crippen molar-refractivity contribution < 1.29 is 13.6 Å². The number of aryl methyl sites for hydroxylation is 2. The summed E-state index contributed by atoms with van der Waals surface area (Å²) in [4.78, 5) is 12.7. The molecule has 4 heteroatoms. The molecule has 0 spiro atoms. The molecule has 0 saturated heterocycles. The van der Waals surface area contributed by atoms with Crippen LogP contribution < -0.4 is 4.43 Å². The van der Waals surface area contributed by atoms with Crippen molar-refractivity contribution >= 4 is 14.5 Å². The molecular formula is C17H26O3Si. The number of carbonyl (C=O) groups is 1. The molecule has 0 saturated carbocycles. The average molecular weight is 306 g/mol. The van der Waals surface area contributed by atoms with Gasteiger partial charge in [-0.25, -0.2) is 4.79 Å². The first-order valence-corrected chi connectivity index (χ1v) is 9.25. The number of hydrogen-bond donors (Lipinski definition) is 0. The number of rotatable bonds is 0. The Morgan fingerprint density at radius 1 is 0.857 bits per heavy atom. The van der Waals surface area contributed by atoms with Gasteiger partial charge in [0.1, 0.15) is 11.3 Å². The molecule has 3 nitrogen and oxygen atoms in total. The van der Waals surface area contributed by atoms with Crippen LogP contribution in [0.1, 0.15) is 63.0 Å². The lowest BCUT2D eigenvalue weighted by Crippen LogP contribution is -2.62. The smallest absolute Gasteiger partial charge is 0.473 e. The van der Waals surface area contributed by atoms with E-state index in [9.17, 15) is 4.79 Å². The lowest BCUT2D eigenvalue weighted by Gasteiger charge is -2.50. The molecule has 0 fully saturated rings. The maximum absolute atomic E-state index is 12.7. The van der Waals surface area contributed by atoms with Crippen LogP contribution in [0.25, 0.3) is 0 Å². The van der Waals surface area contributed by atoms with E-state index in [1.54, 1.807) is 0 Å². The Kier molecular flexibility index (Phi) is 3.52. The number of carbonyl (C=O) groups excluding carboxylic acids is 1. The van der Waals surface area contributed by atoms with Crippen molar-refractivity contribution in [1.82, 2.24) is 0 Å². The first-order valence-electron chi connectivity index (χ1n) is 7.43. The minimum atomic E-state index is -2.80. The summed E-state index contributed by atoms with van der Waals surface area (Å²) in [5.41, 5.74) is 2.50. The zero-order valence-electron chi connectivity index (χ0n) is 14.4. The molecule has 1 aromatic carbocycles. The van der Waals surface area contributed by atoms with Gasteiger partial charge in [-0.2, -0.15) is 0 Å². The summed E-state index contributed by atoms with van der Waals surface area (Å²) in [7, 11) is -2.80. The fourth-order valence-corrected chi connectivity index (χ4v) is 7.68. The first kappa shape index (κ1) is 16.1. The summed E-state index contributed by atoms with van der Waals surface area (Å²) in [5, 5.41) is -0.427. The van der Waals surface area contributed by atoms with Crippen LogP contribution in [-0.2, 0) is 4.43 Å². The molecule has 1 aliphatic rings. The summed E-state index contributed by atoms with van der Waals surface area (Å²) >= 11 is 0. The maximum atomic E-state index is 12.7. The van der Waals surface area contributed by atoms with Crippen LogP contribution in [0.2, 0.25) is 10.1 Å². The van der Waals surface area contributed by atoms with E-state index in [1.165, 1.54) is 0 Å². The second-order valence-corrected chi connectivity index (χ2v) is 12.7.